The van der Waals surface area contributed by atoms with E-state index in [0.717, 1.165) is 12.0 Å². The van der Waals surface area contributed by atoms with E-state index >= 15 is 0 Å². The highest BCUT2D eigenvalue weighted by molar-refractivity contribution is 5.67. The molecule has 4 nitrogen and oxygen atoms in total. The van der Waals surface area contributed by atoms with Crippen molar-refractivity contribution < 1.29 is 9.53 Å². The van der Waals surface area contributed by atoms with Crippen LogP contribution in [0.1, 0.15) is 18.9 Å². The molecule has 1 aromatic carbocycles. The molecule has 3 N–H and O–H groups in total. The minimum atomic E-state index is -0.398. The third-order valence-electron chi connectivity index (χ3n) is 2.18. The van der Waals surface area contributed by atoms with Gasteiger partial charge in [0, 0.05) is 6.04 Å². The molecule has 0 aliphatic rings. The number of carbonyl (C=O) groups excluding carboxylic acids is 1. The Hall–Kier alpha value is -1.55. The van der Waals surface area contributed by atoms with Crippen LogP contribution in [0.4, 0.5) is 4.79 Å². The Morgan fingerprint density at radius 3 is 2.75 bits per heavy atom. The van der Waals surface area contributed by atoms with Crippen LogP contribution in [-0.4, -0.2) is 18.7 Å². The van der Waals surface area contributed by atoms with Gasteiger partial charge in [-0.2, -0.15) is 0 Å². The van der Waals surface area contributed by atoms with Gasteiger partial charge >= 0.3 is 6.09 Å². The van der Waals surface area contributed by atoms with E-state index in [1.807, 2.05) is 37.3 Å². The van der Waals surface area contributed by atoms with Gasteiger partial charge in [0.2, 0.25) is 0 Å². The summed E-state index contributed by atoms with van der Waals surface area (Å²) in [6.45, 7) is 2.75. The fraction of sp³-hybridized carbons (Fsp3) is 0.417. The Labute approximate surface area is 95.8 Å². The van der Waals surface area contributed by atoms with Crippen LogP contribution < -0.4 is 11.1 Å². The highest BCUT2D eigenvalue weighted by Crippen LogP contribution is 2.00. The molecular formula is C12H18N2O2. The summed E-state index contributed by atoms with van der Waals surface area (Å²) in [7, 11) is 0. The summed E-state index contributed by atoms with van der Waals surface area (Å²) in [6.07, 6.45) is 0.352. The van der Waals surface area contributed by atoms with Gasteiger partial charge in [0.15, 0.2) is 0 Å². The van der Waals surface area contributed by atoms with Crippen molar-refractivity contribution in [3.05, 3.63) is 35.9 Å². The van der Waals surface area contributed by atoms with Crippen LogP contribution in [0.2, 0.25) is 0 Å². The monoisotopic (exact) mass is 222 g/mol. The van der Waals surface area contributed by atoms with Crippen LogP contribution >= 0.6 is 0 Å². The zero-order chi connectivity index (χ0) is 11.8. The van der Waals surface area contributed by atoms with Gasteiger partial charge in [-0.25, -0.2) is 4.79 Å². The summed E-state index contributed by atoms with van der Waals surface area (Å²) < 4.78 is 5.05. The quantitative estimate of drug-likeness (QED) is 0.796. The van der Waals surface area contributed by atoms with Gasteiger partial charge < -0.3 is 15.8 Å². The lowest BCUT2D eigenvalue weighted by Crippen LogP contribution is -2.34. The van der Waals surface area contributed by atoms with Gasteiger partial charge in [0.1, 0.15) is 6.61 Å². The molecule has 0 saturated heterocycles. The molecule has 0 aromatic heterocycles. The van der Waals surface area contributed by atoms with Crippen molar-refractivity contribution in [2.24, 2.45) is 5.73 Å². The molecule has 16 heavy (non-hydrogen) atoms. The lowest BCUT2D eigenvalue weighted by molar-refractivity contribution is 0.136. The Morgan fingerprint density at radius 2 is 2.12 bits per heavy atom. The smallest absolute Gasteiger partial charge is 0.407 e. The normalized spacial score (nSPS) is 11.9. The van der Waals surface area contributed by atoms with Crippen LogP contribution in [0.5, 0.6) is 0 Å². The van der Waals surface area contributed by atoms with E-state index in [9.17, 15) is 4.79 Å². The number of hydrogen-bond acceptors (Lipinski definition) is 3. The molecule has 0 aliphatic heterocycles. The zero-order valence-corrected chi connectivity index (χ0v) is 9.48. The molecule has 1 atom stereocenters. The summed E-state index contributed by atoms with van der Waals surface area (Å²) in [4.78, 5) is 11.3. The van der Waals surface area contributed by atoms with E-state index < -0.39 is 6.09 Å². The van der Waals surface area contributed by atoms with Gasteiger partial charge in [-0.15, -0.1) is 0 Å². The SMILES string of the molecule is C[C@@H](CCN)NC(=O)OCc1ccccc1. The molecule has 0 aliphatic carbocycles. The van der Waals surface area contributed by atoms with E-state index in [-0.39, 0.29) is 6.04 Å². The summed E-state index contributed by atoms with van der Waals surface area (Å²) in [5, 5.41) is 2.71. The molecule has 1 rings (SSSR count). The number of rotatable bonds is 5. The average molecular weight is 222 g/mol. The second-order valence-electron chi connectivity index (χ2n) is 3.68. The standard InChI is InChI=1S/C12H18N2O2/c1-10(7-8-13)14-12(15)16-9-11-5-3-2-4-6-11/h2-6,10H,7-9,13H2,1H3,(H,14,15)/t10-/m0/s1. The van der Waals surface area contributed by atoms with E-state index in [1.54, 1.807) is 0 Å². The van der Waals surface area contributed by atoms with Crippen molar-refractivity contribution in [3.63, 3.8) is 0 Å². The second kappa shape index (κ2) is 6.85. The van der Waals surface area contributed by atoms with Crippen LogP contribution in [0.15, 0.2) is 30.3 Å². The van der Waals surface area contributed by atoms with Gasteiger partial charge in [-0.05, 0) is 25.5 Å². The number of amides is 1. The Balaban J connectivity index is 2.25. The Morgan fingerprint density at radius 1 is 1.44 bits per heavy atom. The van der Waals surface area contributed by atoms with E-state index in [0.29, 0.717) is 13.2 Å². The minimum Gasteiger partial charge on any atom is -0.445 e. The maximum atomic E-state index is 11.3. The molecule has 1 amide bonds. The Kier molecular flexibility index (Phi) is 5.36. The first-order chi connectivity index (χ1) is 7.72. The van der Waals surface area contributed by atoms with Gasteiger partial charge in [-0.1, -0.05) is 30.3 Å². The first-order valence-corrected chi connectivity index (χ1v) is 5.39. The maximum absolute atomic E-state index is 11.3. The summed E-state index contributed by atoms with van der Waals surface area (Å²) >= 11 is 0. The molecule has 4 heteroatoms. The van der Waals surface area contributed by atoms with Crippen LogP contribution in [0.25, 0.3) is 0 Å². The van der Waals surface area contributed by atoms with Crippen LogP contribution in [0.3, 0.4) is 0 Å². The van der Waals surface area contributed by atoms with E-state index in [2.05, 4.69) is 5.32 Å². The topological polar surface area (TPSA) is 64.3 Å². The van der Waals surface area contributed by atoms with E-state index in [4.69, 9.17) is 10.5 Å². The fourth-order valence-electron chi connectivity index (χ4n) is 1.29. The first-order valence-electron chi connectivity index (χ1n) is 5.39. The highest BCUT2D eigenvalue weighted by Gasteiger charge is 2.06. The number of hydrogen-bond donors (Lipinski definition) is 2. The molecular weight excluding hydrogens is 204 g/mol. The number of benzene rings is 1. The van der Waals surface area contributed by atoms with Crippen molar-refractivity contribution in [1.82, 2.24) is 5.32 Å². The fourth-order valence-corrected chi connectivity index (χ4v) is 1.29. The minimum absolute atomic E-state index is 0.0493. The third-order valence-corrected chi connectivity index (χ3v) is 2.18. The van der Waals surface area contributed by atoms with Gasteiger partial charge in [0.25, 0.3) is 0 Å². The lowest BCUT2D eigenvalue weighted by atomic mass is 10.2. The second-order valence-corrected chi connectivity index (χ2v) is 3.68. The molecule has 0 heterocycles. The predicted octanol–water partition coefficient (Wildman–Crippen LogP) is 1.65. The molecule has 0 spiro atoms. The number of alkyl carbamates (subject to hydrolysis) is 1. The molecule has 0 saturated carbocycles. The van der Waals surface area contributed by atoms with Crippen molar-refractivity contribution >= 4 is 6.09 Å². The van der Waals surface area contributed by atoms with Crippen molar-refractivity contribution in [3.8, 4) is 0 Å². The molecule has 88 valence electrons. The zero-order valence-electron chi connectivity index (χ0n) is 9.48. The highest BCUT2D eigenvalue weighted by atomic mass is 16.5. The molecule has 0 unspecified atom stereocenters. The van der Waals surface area contributed by atoms with Gasteiger partial charge in [-0.3, -0.25) is 0 Å². The summed E-state index contributed by atoms with van der Waals surface area (Å²) in [6, 6.07) is 9.62. The maximum Gasteiger partial charge on any atom is 0.407 e. The van der Waals surface area contributed by atoms with Crippen LogP contribution in [-0.2, 0) is 11.3 Å². The largest absolute Gasteiger partial charge is 0.445 e. The predicted molar refractivity (Wildman–Crippen MR) is 62.9 cm³/mol. The average Bonchev–Trinajstić information content (AvgIpc) is 2.28. The molecule has 1 aromatic rings. The summed E-state index contributed by atoms with van der Waals surface area (Å²) in [5.74, 6) is 0. The lowest BCUT2D eigenvalue weighted by Gasteiger charge is -2.12. The number of carbonyl (C=O) groups is 1. The Bertz CT molecular complexity index is 314. The van der Waals surface area contributed by atoms with Crippen molar-refractivity contribution in [2.45, 2.75) is 26.0 Å². The molecule has 0 radical (unpaired) electrons. The number of nitrogens with two attached hydrogens (primary N) is 1. The number of nitrogens with one attached hydrogen (secondary N) is 1. The van der Waals surface area contributed by atoms with Gasteiger partial charge in [0.05, 0.1) is 0 Å². The van der Waals surface area contributed by atoms with Crippen LogP contribution in [0, 0.1) is 0 Å². The van der Waals surface area contributed by atoms with E-state index in [1.165, 1.54) is 0 Å². The van der Waals surface area contributed by atoms with Crippen molar-refractivity contribution in [1.29, 1.82) is 0 Å². The third kappa shape index (κ3) is 4.79. The number of ether oxygens (including phenoxy) is 1. The first kappa shape index (κ1) is 12.5. The molecule has 0 fully saturated rings. The summed E-state index contributed by atoms with van der Waals surface area (Å²) in [5.41, 5.74) is 6.35. The van der Waals surface area contributed by atoms with Crippen molar-refractivity contribution in [2.75, 3.05) is 6.54 Å². The molecule has 0 bridgehead atoms.